The monoisotopic (exact) mass is 392 g/mol. The molecule has 1 aliphatic rings. The lowest BCUT2D eigenvalue weighted by atomic mass is 10.0. The van der Waals surface area contributed by atoms with E-state index >= 15 is 0 Å². The summed E-state index contributed by atoms with van der Waals surface area (Å²) in [5.74, 6) is 0.420. The van der Waals surface area contributed by atoms with Gasteiger partial charge in [0.2, 0.25) is 0 Å². The molecule has 2 aromatic rings. The number of para-hydroxylation sites is 1. The number of halogens is 5. The van der Waals surface area contributed by atoms with Crippen molar-refractivity contribution < 1.29 is 35.6 Å². The van der Waals surface area contributed by atoms with Crippen LogP contribution in [0.3, 0.4) is 0 Å². The summed E-state index contributed by atoms with van der Waals surface area (Å²) >= 11 is 0.900. The van der Waals surface area contributed by atoms with Gasteiger partial charge in [0.25, 0.3) is 0 Å². The van der Waals surface area contributed by atoms with Crippen molar-refractivity contribution in [3.05, 3.63) is 42.5 Å². The van der Waals surface area contributed by atoms with Crippen molar-refractivity contribution >= 4 is 12.0 Å². The Morgan fingerprint density at radius 2 is 1.81 bits per heavy atom. The van der Waals surface area contributed by atoms with Crippen LogP contribution in [0, 0.1) is 0 Å². The third-order valence-corrected chi connectivity index (χ3v) is 4.18. The summed E-state index contributed by atoms with van der Waals surface area (Å²) in [6.07, 6.45) is -8.83. The number of rotatable bonds is 6. The first kappa shape index (κ1) is 18.6. The van der Waals surface area contributed by atoms with Crippen LogP contribution in [0.4, 0.5) is 22.0 Å². The van der Waals surface area contributed by atoms with Gasteiger partial charge in [-0.1, -0.05) is 24.3 Å². The minimum Gasteiger partial charge on any atom is -0.426 e. The Labute approximate surface area is 150 Å². The first-order valence-electron chi connectivity index (χ1n) is 7.59. The molecule has 0 fully saturated rings. The molecule has 2 aromatic carbocycles. The van der Waals surface area contributed by atoms with Crippen molar-refractivity contribution in [1.82, 2.24) is 0 Å². The minimum absolute atomic E-state index is 0.0552. The van der Waals surface area contributed by atoms with Gasteiger partial charge in [-0.2, -0.15) is 13.2 Å². The zero-order valence-electron chi connectivity index (χ0n) is 13.2. The molecule has 0 aromatic heterocycles. The molecular weight excluding hydrogens is 379 g/mol. The van der Waals surface area contributed by atoms with Crippen LogP contribution in [-0.2, 0) is 0 Å². The Morgan fingerprint density at radius 1 is 1.04 bits per heavy atom. The number of alkyl halides is 5. The first-order chi connectivity index (χ1) is 12.2. The molecule has 3 rings (SSSR count). The zero-order chi connectivity index (χ0) is 18.8. The summed E-state index contributed by atoms with van der Waals surface area (Å²) in [6, 6.07) is 11.1. The van der Waals surface area contributed by atoms with E-state index < -0.39 is 18.9 Å². The standard InChI is InChI=1S/C17H13F5O3S/c18-16(19,20)8-3-9-26-25-12-5-1-4-11(10-12)13-6-2-7-14-15(13)24-17(21,22)23-14/h1-2,4-7,10H,3,8-9H2. The molecule has 140 valence electrons. The Kier molecular flexibility index (Phi) is 5.17. The van der Waals surface area contributed by atoms with E-state index in [-0.39, 0.29) is 23.7 Å². The van der Waals surface area contributed by atoms with Gasteiger partial charge in [0.05, 0.1) is 12.0 Å². The third kappa shape index (κ3) is 4.72. The molecule has 0 atom stereocenters. The lowest BCUT2D eigenvalue weighted by Crippen LogP contribution is -2.26. The quantitative estimate of drug-likeness (QED) is 0.340. The summed E-state index contributed by atoms with van der Waals surface area (Å²) in [4.78, 5) is 0. The van der Waals surface area contributed by atoms with Gasteiger partial charge in [0.1, 0.15) is 5.75 Å². The fourth-order valence-corrected chi connectivity index (χ4v) is 2.94. The minimum atomic E-state index is -4.18. The normalized spacial score (nSPS) is 15.1. The van der Waals surface area contributed by atoms with Gasteiger partial charge < -0.3 is 13.7 Å². The van der Waals surface area contributed by atoms with Gasteiger partial charge in [-0.05, 0) is 30.2 Å². The summed E-state index contributed by atoms with van der Waals surface area (Å²) in [5.41, 5.74) is 0.948. The molecule has 0 bridgehead atoms. The lowest BCUT2D eigenvalue weighted by molar-refractivity contribution is -0.286. The number of hydrogen-bond donors (Lipinski definition) is 0. The Morgan fingerprint density at radius 3 is 2.58 bits per heavy atom. The molecule has 26 heavy (non-hydrogen) atoms. The largest absolute Gasteiger partial charge is 0.586 e. The maximum Gasteiger partial charge on any atom is 0.586 e. The van der Waals surface area contributed by atoms with E-state index in [1.54, 1.807) is 36.4 Å². The van der Waals surface area contributed by atoms with Crippen molar-refractivity contribution in [1.29, 1.82) is 0 Å². The van der Waals surface area contributed by atoms with Gasteiger partial charge in [0, 0.05) is 17.7 Å². The molecule has 0 saturated carbocycles. The van der Waals surface area contributed by atoms with E-state index in [2.05, 4.69) is 9.47 Å². The maximum atomic E-state index is 13.3. The number of benzene rings is 2. The van der Waals surface area contributed by atoms with Gasteiger partial charge in [0.15, 0.2) is 11.5 Å². The fraction of sp³-hybridized carbons (Fsp3) is 0.294. The van der Waals surface area contributed by atoms with Gasteiger partial charge >= 0.3 is 12.5 Å². The van der Waals surface area contributed by atoms with E-state index in [9.17, 15) is 22.0 Å². The predicted molar refractivity (Wildman–Crippen MR) is 86.5 cm³/mol. The lowest BCUT2D eigenvalue weighted by Gasteiger charge is -2.09. The molecule has 0 unspecified atom stereocenters. The second kappa shape index (κ2) is 7.22. The van der Waals surface area contributed by atoms with E-state index in [1.165, 1.54) is 6.07 Å². The smallest absolute Gasteiger partial charge is 0.426 e. The molecule has 0 radical (unpaired) electrons. The summed E-state index contributed by atoms with van der Waals surface area (Å²) in [5, 5.41) is 0. The van der Waals surface area contributed by atoms with E-state index in [0.717, 1.165) is 12.0 Å². The van der Waals surface area contributed by atoms with Crippen LogP contribution in [0.25, 0.3) is 11.1 Å². The van der Waals surface area contributed by atoms with Gasteiger partial charge in [-0.25, -0.2) is 0 Å². The summed E-state index contributed by atoms with van der Waals surface area (Å²) < 4.78 is 77.2. The molecule has 1 aliphatic heterocycles. The second-order valence-corrected chi connectivity index (χ2v) is 6.26. The van der Waals surface area contributed by atoms with Crippen molar-refractivity contribution in [3.63, 3.8) is 0 Å². The van der Waals surface area contributed by atoms with E-state index in [0.29, 0.717) is 16.9 Å². The van der Waals surface area contributed by atoms with Crippen LogP contribution in [0.2, 0.25) is 0 Å². The maximum absolute atomic E-state index is 13.3. The van der Waals surface area contributed by atoms with E-state index in [1.807, 2.05) is 0 Å². The summed E-state index contributed by atoms with van der Waals surface area (Å²) in [7, 11) is 0. The molecule has 0 amide bonds. The third-order valence-electron chi connectivity index (χ3n) is 3.42. The molecule has 1 heterocycles. The SMILES string of the molecule is FC(F)(F)CCCSOc1cccc(-c2cccc3c2OC(F)(F)O3)c1. The average molecular weight is 392 g/mol. The molecular formula is C17H13F5O3S. The van der Waals surface area contributed by atoms with Crippen LogP contribution < -0.4 is 13.7 Å². The highest BCUT2D eigenvalue weighted by Crippen LogP contribution is 2.47. The topological polar surface area (TPSA) is 27.7 Å². The fourth-order valence-electron chi connectivity index (χ4n) is 2.35. The Balaban J connectivity index is 1.67. The molecule has 0 aliphatic carbocycles. The highest BCUT2D eigenvalue weighted by Gasteiger charge is 2.44. The van der Waals surface area contributed by atoms with Gasteiger partial charge in [-0.3, -0.25) is 0 Å². The molecule has 0 saturated heterocycles. The average Bonchev–Trinajstić information content (AvgIpc) is 2.87. The predicted octanol–water partition coefficient (Wildman–Crippen LogP) is 6.04. The highest BCUT2D eigenvalue weighted by molar-refractivity contribution is 7.95. The first-order valence-corrected chi connectivity index (χ1v) is 8.50. The summed E-state index contributed by atoms with van der Waals surface area (Å²) in [6.45, 7) is 0. The van der Waals surface area contributed by atoms with Crippen molar-refractivity contribution in [2.24, 2.45) is 0 Å². The van der Waals surface area contributed by atoms with Crippen LogP contribution in [0.5, 0.6) is 17.2 Å². The van der Waals surface area contributed by atoms with Crippen LogP contribution >= 0.6 is 12.0 Å². The van der Waals surface area contributed by atoms with Crippen LogP contribution in [0.15, 0.2) is 42.5 Å². The van der Waals surface area contributed by atoms with Crippen molar-refractivity contribution in [2.75, 3.05) is 5.75 Å². The zero-order valence-corrected chi connectivity index (χ0v) is 14.0. The number of ether oxygens (including phenoxy) is 2. The molecule has 3 nitrogen and oxygen atoms in total. The van der Waals surface area contributed by atoms with E-state index in [4.69, 9.17) is 4.18 Å². The second-order valence-electron chi connectivity index (χ2n) is 5.45. The van der Waals surface area contributed by atoms with Crippen molar-refractivity contribution in [3.8, 4) is 28.4 Å². The van der Waals surface area contributed by atoms with Crippen LogP contribution in [-0.4, -0.2) is 18.2 Å². The molecule has 9 heteroatoms. The Hall–Kier alpha value is -2.16. The number of hydrogen-bond acceptors (Lipinski definition) is 4. The van der Waals surface area contributed by atoms with Crippen LogP contribution in [0.1, 0.15) is 12.8 Å². The molecule has 0 spiro atoms. The molecule has 0 N–H and O–H groups in total. The van der Waals surface area contributed by atoms with Gasteiger partial charge in [-0.15, -0.1) is 8.78 Å². The highest BCUT2D eigenvalue weighted by atomic mass is 32.2. The van der Waals surface area contributed by atoms with Crippen molar-refractivity contribution in [2.45, 2.75) is 25.3 Å². The Bertz CT molecular complexity index is 779. The number of fused-ring (bicyclic) bond motifs is 1.